The molecule has 5 heteroatoms. The van der Waals surface area contributed by atoms with Crippen LogP contribution in [0.3, 0.4) is 0 Å². The minimum Gasteiger partial charge on any atom is -0.487 e. The van der Waals surface area contributed by atoms with Crippen molar-refractivity contribution in [3.8, 4) is 5.75 Å². The topological polar surface area (TPSA) is 95.4 Å². The van der Waals surface area contributed by atoms with Crippen LogP contribution in [0.4, 0.5) is 0 Å². The SMILES string of the molecule is CC(C)(c1ccccc1)c1ccc(OC/C(N)=C/C(=O)C(N)=O)cc1. The Kier molecular flexibility index (Phi) is 5.60. The van der Waals surface area contributed by atoms with Gasteiger partial charge in [0.2, 0.25) is 5.78 Å². The van der Waals surface area contributed by atoms with Gasteiger partial charge in [-0.15, -0.1) is 0 Å². The Morgan fingerprint density at radius 1 is 0.960 bits per heavy atom. The minimum atomic E-state index is -1.05. The largest absolute Gasteiger partial charge is 0.487 e. The number of rotatable bonds is 7. The lowest BCUT2D eigenvalue weighted by Crippen LogP contribution is -2.23. The molecule has 0 radical (unpaired) electrons. The zero-order chi connectivity index (χ0) is 18.4. The number of benzene rings is 2. The maximum absolute atomic E-state index is 11.2. The van der Waals surface area contributed by atoms with Gasteiger partial charge in [0.15, 0.2) is 0 Å². The predicted octanol–water partition coefficient (Wildman–Crippen LogP) is 2.29. The molecular weight excluding hydrogens is 316 g/mol. The molecule has 0 atom stereocenters. The summed E-state index contributed by atoms with van der Waals surface area (Å²) in [7, 11) is 0. The van der Waals surface area contributed by atoms with E-state index in [-0.39, 0.29) is 17.7 Å². The van der Waals surface area contributed by atoms with Crippen LogP contribution in [0.25, 0.3) is 0 Å². The van der Waals surface area contributed by atoms with Gasteiger partial charge >= 0.3 is 0 Å². The molecule has 0 saturated carbocycles. The molecule has 0 aliphatic carbocycles. The van der Waals surface area contributed by atoms with Crippen LogP contribution in [-0.4, -0.2) is 18.3 Å². The Balaban J connectivity index is 2.05. The number of ether oxygens (including phenoxy) is 1. The first kappa shape index (κ1) is 18.3. The summed E-state index contributed by atoms with van der Waals surface area (Å²) in [4.78, 5) is 21.9. The van der Waals surface area contributed by atoms with E-state index in [9.17, 15) is 9.59 Å². The second kappa shape index (κ2) is 7.66. The Bertz CT molecular complexity index is 778. The number of primary amides is 1. The van der Waals surface area contributed by atoms with Crippen LogP contribution in [0, 0.1) is 0 Å². The van der Waals surface area contributed by atoms with Gasteiger partial charge in [0.05, 0.1) is 5.70 Å². The molecule has 0 spiro atoms. The molecule has 0 aliphatic heterocycles. The average Bonchev–Trinajstić information content (AvgIpc) is 2.61. The summed E-state index contributed by atoms with van der Waals surface area (Å²) in [5.41, 5.74) is 12.9. The van der Waals surface area contributed by atoms with Crippen LogP contribution < -0.4 is 16.2 Å². The molecule has 2 aromatic carbocycles. The summed E-state index contributed by atoms with van der Waals surface area (Å²) in [5.74, 6) is -1.27. The van der Waals surface area contributed by atoms with Gasteiger partial charge in [0.25, 0.3) is 5.91 Å². The second-order valence-electron chi connectivity index (χ2n) is 6.25. The molecule has 5 nitrogen and oxygen atoms in total. The molecule has 4 N–H and O–H groups in total. The van der Waals surface area contributed by atoms with E-state index in [2.05, 4.69) is 26.0 Å². The summed E-state index contributed by atoms with van der Waals surface area (Å²) in [6.45, 7) is 4.32. The molecule has 0 heterocycles. The minimum absolute atomic E-state index is 0.000441. The standard InChI is InChI=1S/C20H22N2O3/c1-20(2,14-6-4-3-5-7-14)15-8-10-17(11-9-15)25-13-16(21)12-18(23)19(22)24/h3-12H,13,21H2,1-2H3,(H2,22,24)/b16-12-. The maximum Gasteiger partial charge on any atom is 0.289 e. The normalized spacial score (nSPS) is 11.8. The van der Waals surface area contributed by atoms with Crippen LogP contribution in [0.15, 0.2) is 66.4 Å². The summed E-state index contributed by atoms with van der Waals surface area (Å²) >= 11 is 0. The van der Waals surface area contributed by atoms with E-state index in [4.69, 9.17) is 16.2 Å². The Morgan fingerprint density at radius 2 is 1.52 bits per heavy atom. The molecule has 25 heavy (non-hydrogen) atoms. The Labute approximate surface area is 147 Å². The fourth-order valence-corrected chi connectivity index (χ4v) is 2.44. The highest BCUT2D eigenvalue weighted by Crippen LogP contribution is 2.32. The van der Waals surface area contributed by atoms with Gasteiger partial charge in [0.1, 0.15) is 12.4 Å². The maximum atomic E-state index is 11.2. The Hall–Kier alpha value is -3.08. The van der Waals surface area contributed by atoms with Gasteiger partial charge in [-0.3, -0.25) is 9.59 Å². The van der Waals surface area contributed by atoms with Gasteiger partial charge in [-0.2, -0.15) is 0 Å². The predicted molar refractivity (Wildman–Crippen MR) is 97.0 cm³/mol. The first-order valence-corrected chi connectivity index (χ1v) is 7.89. The number of hydrogen-bond acceptors (Lipinski definition) is 4. The number of carbonyl (C=O) groups excluding carboxylic acids is 2. The molecule has 0 fully saturated rings. The van der Waals surface area contributed by atoms with E-state index < -0.39 is 11.7 Å². The number of carbonyl (C=O) groups is 2. The molecule has 0 bridgehead atoms. The van der Waals surface area contributed by atoms with E-state index in [0.29, 0.717) is 5.75 Å². The molecular formula is C20H22N2O3. The van der Waals surface area contributed by atoms with E-state index in [1.807, 2.05) is 42.5 Å². The quantitative estimate of drug-likeness (QED) is 0.598. The van der Waals surface area contributed by atoms with Crippen molar-refractivity contribution in [3.05, 3.63) is 77.5 Å². The van der Waals surface area contributed by atoms with Gasteiger partial charge in [-0.25, -0.2) is 0 Å². The van der Waals surface area contributed by atoms with Crippen molar-refractivity contribution >= 4 is 11.7 Å². The fourth-order valence-electron chi connectivity index (χ4n) is 2.44. The zero-order valence-electron chi connectivity index (χ0n) is 14.4. The molecule has 2 aromatic rings. The van der Waals surface area contributed by atoms with Crippen molar-refractivity contribution in [1.29, 1.82) is 0 Å². The van der Waals surface area contributed by atoms with Crippen LogP contribution in [0.5, 0.6) is 5.75 Å². The molecule has 0 unspecified atom stereocenters. The monoisotopic (exact) mass is 338 g/mol. The van der Waals surface area contributed by atoms with Gasteiger partial charge in [-0.05, 0) is 23.3 Å². The molecule has 0 aliphatic rings. The molecule has 130 valence electrons. The van der Waals surface area contributed by atoms with Gasteiger partial charge in [0, 0.05) is 11.5 Å². The third-order valence-corrected chi connectivity index (χ3v) is 4.04. The van der Waals surface area contributed by atoms with Gasteiger partial charge < -0.3 is 16.2 Å². The lowest BCUT2D eigenvalue weighted by atomic mass is 9.78. The van der Waals surface area contributed by atoms with Crippen LogP contribution in [0.2, 0.25) is 0 Å². The molecule has 0 saturated heterocycles. The lowest BCUT2D eigenvalue weighted by Gasteiger charge is -2.26. The van der Waals surface area contributed by atoms with Crippen molar-refractivity contribution in [2.45, 2.75) is 19.3 Å². The van der Waals surface area contributed by atoms with E-state index in [1.165, 1.54) is 5.56 Å². The van der Waals surface area contributed by atoms with E-state index in [0.717, 1.165) is 11.6 Å². The number of amides is 1. The third kappa shape index (κ3) is 4.70. The molecule has 1 amide bonds. The van der Waals surface area contributed by atoms with Crippen LogP contribution >= 0.6 is 0 Å². The number of nitrogens with two attached hydrogens (primary N) is 2. The van der Waals surface area contributed by atoms with Crippen molar-refractivity contribution in [2.75, 3.05) is 6.61 Å². The highest BCUT2D eigenvalue weighted by molar-refractivity contribution is 6.40. The van der Waals surface area contributed by atoms with Gasteiger partial charge in [-0.1, -0.05) is 56.3 Å². The average molecular weight is 338 g/mol. The first-order chi connectivity index (χ1) is 11.8. The number of ketones is 1. The summed E-state index contributed by atoms with van der Waals surface area (Å²) < 4.78 is 5.52. The van der Waals surface area contributed by atoms with Crippen molar-refractivity contribution in [1.82, 2.24) is 0 Å². The molecule has 2 rings (SSSR count). The summed E-state index contributed by atoms with van der Waals surface area (Å²) in [6.07, 6.45) is 0.981. The Morgan fingerprint density at radius 3 is 2.08 bits per heavy atom. The number of hydrogen-bond donors (Lipinski definition) is 2. The van der Waals surface area contributed by atoms with Crippen LogP contribution in [-0.2, 0) is 15.0 Å². The second-order valence-corrected chi connectivity index (χ2v) is 6.25. The highest BCUT2D eigenvalue weighted by atomic mass is 16.5. The van der Waals surface area contributed by atoms with E-state index >= 15 is 0 Å². The first-order valence-electron chi connectivity index (χ1n) is 7.89. The molecule has 0 aromatic heterocycles. The fraction of sp³-hybridized carbons (Fsp3) is 0.200. The van der Waals surface area contributed by atoms with Crippen molar-refractivity contribution in [2.24, 2.45) is 11.5 Å². The smallest absolute Gasteiger partial charge is 0.289 e. The third-order valence-electron chi connectivity index (χ3n) is 4.04. The van der Waals surface area contributed by atoms with Crippen LogP contribution in [0.1, 0.15) is 25.0 Å². The van der Waals surface area contributed by atoms with E-state index in [1.54, 1.807) is 0 Å². The summed E-state index contributed by atoms with van der Waals surface area (Å²) in [5, 5.41) is 0. The summed E-state index contributed by atoms with van der Waals surface area (Å²) in [6, 6.07) is 17.9. The van der Waals surface area contributed by atoms with Crippen molar-refractivity contribution in [3.63, 3.8) is 0 Å². The zero-order valence-corrected chi connectivity index (χ0v) is 14.4. The van der Waals surface area contributed by atoms with Crippen molar-refractivity contribution < 1.29 is 14.3 Å². The lowest BCUT2D eigenvalue weighted by molar-refractivity contribution is -0.133. The highest BCUT2D eigenvalue weighted by Gasteiger charge is 2.22.